The van der Waals surface area contributed by atoms with Crippen LogP contribution in [0.1, 0.15) is 57.9 Å². The van der Waals surface area contributed by atoms with Gasteiger partial charge in [-0.1, -0.05) is 6.07 Å². The van der Waals surface area contributed by atoms with Crippen molar-refractivity contribution in [3.05, 3.63) is 23.8 Å². The maximum atomic E-state index is 12.8. The van der Waals surface area contributed by atoms with E-state index in [1.165, 1.54) is 18.4 Å². The number of hydrogen-bond acceptors (Lipinski definition) is 10. The number of aromatic nitrogens is 3. The van der Waals surface area contributed by atoms with Gasteiger partial charge in [-0.2, -0.15) is 9.97 Å². The van der Waals surface area contributed by atoms with Gasteiger partial charge in [0.2, 0.25) is 11.8 Å². The van der Waals surface area contributed by atoms with Crippen LogP contribution in [0, 0.1) is 0 Å². The number of benzene rings is 1. The number of fused-ring (bicyclic) bond motifs is 1. The number of ether oxygens (including phenoxy) is 3. The molecule has 1 aliphatic carbocycles. The molecule has 0 unspecified atom stereocenters. The summed E-state index contributed by atoms with van der Waals surface area (Å²) in [6.45, 7) is 9.56. The predicted molar refractivity (Wildman–Crippen MR) is 157 cm³/mol. The summed E-state index contributed by atoms with van der Waals surface area (Å²) >= 11 is 1.62. The van der Waals surface area contributed by atoms with Crippen molar-refractivity contribution in [3.63, 3.8) is 0 Å². The van der Waals surface area contributed by atoms with Crippen molar-refractivity contribution in [2.24, 2.45) is 0 Å². The van der Waals surface area contributed by atoms with E-state index in [1.807, 2.05) is 20.8 Å². The summed E-state index contributed by atoms with van der Waals surface area (Å²) in [5.74, 6) is 2.42. The molecule has 4 heterocycles. The third-order valence-electron chi connectivity index (χ3n) is 7.44. The second-order valence-corrected chi connectivity index (χ2v) is 12.8. The molecule has 11 heteroatoms. The van der Waals surface area contributed by atoms with Gasteiger partial charge in [-0.05, 0) is 70.1 Å². The second-order valence-electron chi connectivity index (χ2n) is 11.8. The molecule has 2 saturated heterocycles. The van der Waals surface area contributed by atoms with Crippen molar-refractivity contribution in [1.29, 1.82) is 0 Å². The Morgan fingerprint density at radius 1 is 1.10 bits per heavy atom. The van der Waals surface area contributed by atoms with Crippen molar-refractivity contribution < 1.29 is 19.0 Å². The van der Waals surface area contributed by atoms with Gasteiger partial charge in [0.1, 0.15) is 22.0 Å². The summed E-state index contributed by atoms with van der Waals surface area (Å²) in [6.07, 6.45) is 4.00. The Bertz CT molecular complexity index is 1380. The average Bonchev–Trinajstić information content (AvgIpc) is 3.71. The smallest absolute Gasteiger partial charge is 0.410 e. The van der Waals surface area contributed by atoms with Crippen LogP contribution in [-0.4, -0.2) is 84.1 Å². The van der Waals surface area contributed by atoms with E-state index >= 15 is 0 Å². The van der Waals surface area contributed by atoms with E-state index in [4.69, 9.17) is 29.2 Å². The van der Waals surface area contributed by atoms with E-state index in [2.05, 4.69) is 28.4 Å². The van der Waals surface area contributed by atoms with Crippen molar-refractivity contribution >= 4 is 39.4 Å². The van der Waals surface area contributed by atoms with E-state index in [1.54, 1.807) is 23.3 Å². The van der Waals surface area contributed by atoms with Crippen LogP contribution in [0.25, 0.3) is 20.8 Å². The minimum atomic E-state index is -0.538. The van der Waals surface area contributed by atoms with Gasteiger partial charge in [0, 0.05) is 32.2 Å². The molecule has 3 aliphatic rings. The number of amides is 1. The van der Waals surface area contributed by atoms with E-state index in [-0.39, 0.29) is 12.1 Å². The third-order valence-corrected chi connectivity index (χ3v) is 8.49. The summed E-state index contributed by atoms with van der Waals surface area (Å²) in [6, 6.07) is 6.61. The molecule has 10 nitrogen and oxygen atoms in total. The zero-order chi connectivity index (χ0) is 27.9. The SMILES string of the molecule is COc1nc(N2CCOCC2)nc(N[C@@H]2CCCN(C(=O)OC(C)(C)C)C2)c1-c1nc2cc(C3CC3)ccc2s1. The summed E-state index contributed by atoms with van der Waals surface area (Å²) < 4.78 is 18.2. The fourth-order valence-corrected chi connectivity index (χ4v) is 6.26. The Labute approximate surface area is 239 Å². The largest absolute Gasteiger partial charge is 0.480 e. The molecule has 1 atom stereocenters. The Morgan fingerprint density at radius 2 is 1.90 bits per heavy atom. The minimum absolute atomic E-state index is 0.00647. The highest BCUT2D eigenvalue weighted by molar-refractivity contribution is 7.21. The lowest BCUT2D eigenvalue weighted by molar-refractivity contribution is 0.0206. The average molecular weight is 567 g/mol. The molecule has 6 rings (SSSR count). The van der Waals surface area contributed by atoms with Crippen molar-refractivity contribution in [3.8, 4) is 16.5 Å². The number of piperidine rings is 1. The highest BCUT2D eigenvalue weighted by Gasteiger charge is 2.31. The van der Waals surface area contributed by atoms with Gasteiger partial charge >= 0.3 is 6.09 Å². The van der Waals surface area contributed by atoms with E-state index in [9.17, 15) is 4.79 Å². The van der Waals surface area contributed by atoms with Gasteiger partial charge in [0.05, 0.1) is 30.5 Å². The molecule has 0 bridgehead atoms. The Kier molecular flexibility index (Phi) is 7.43. The number of methoxy groups -OCH3 is 1. The fraction of sp³-hybridized carbons (Fsp3) is 0.586. The first-order valence-corrected chi connectivity index (χ1v) is 15.0. The molecule has 214 valence electrons. The lowest BCUT2D eigenvalue weighted by atomic mass is 10.1. The first-order chi connectivity index (χ1) is 19.3. The fourth-order valence-electron chi connectivity index (χ4n) is 5.28. The summed E-state index contributed by atoms with van der Waals surface area (Å²) in [4.78, 5) is 31.7. The lowest BCUT2D eigenvalue weighted by Gasteiger charge is -2.35. The number of nitrogens with one attached hydrogen (secondary N) is 1. The van der Waals surface area contributed by atoms with Crippen LogP contribution >= 0.6 is 11.3 Å². The first-order valence-electron chi connectivity index (χ1n) is 14.2. The molecule has 2 aliphatic heterocycles. The Balaban J connectivity index is 1.35. The number of hydrogen-bond donors (Lipinski definition) is 1. The maximum Gasteiger partial charge on any atom is 0.410 e. The first kappa shape index (κ1) is 27.0. The summed E-state index contributed by atoms with van der Waals surface area (Å²) in [7, 11) is 1.64. The van der Waals surface area contributed by atoms with Crippen LogP contribution in [0.3, 0.4) is 0 Å². The van der Waals surface area contributed by atoms with Gasteiger partial charge in [0.25, 0.3) is 0 Å². The van der Waals surface area contributed by atoms with Gasteiger partial charge in [-0.25, -0.2) is 9.78 Å². The molecular formula is C29H38N6O4S. The van der Waals surface area contributed by atoms with Crippen molar-refractivity contribution in [2.45, 2.75) is 64.0 Å². The Hall–Kier alpha value is -3.18. The molecule has 1 saturated carbocycles. The number of carbonyl (C=O) groups excluding carboxylic acids is 1. The van der Waals surface area contributed by atoms with Crippen molar-refractivity contribution in [1.82, 2.24) is 19.9 Å². The van der Waals surface area contributed by atoms with E-state index < -0.39 is 5.60 Å². The van der Waals surface area contributed by atoms with E-state index in [0.717, 1.165) is 33.6 Å². The van der Waals surface area contributed by atoms with Crippen molar-refractivity contribution in [2.75, 3.05) is 56.7 Å². The highest BCUT2D eigenvalue weighted by Crippen LogP contribution is 2.44. The van der Waals surface area contributed by atoms with Crippen LogP contribution in [0.4, 0.5) is 16.6 Å². The number of anilines is 2. The monoisotopic (exact) mass is 566 g/mol. The number of nitrogens with zero attached hydrogens (tertiary/aromatic N) is 5. The van der Waals surface area contributed by atoms with E-state index in [0.29, 0.717) is 63.0 Å². The van der Waals surface area contributed by atoms with Gasteiger partial charge in [0.15, 0.2) is 0 Å². The zero-order valence-corrected chi connectivity index (χ0v) is 24.6. The number of thiazole rings is 1. The van der Waals surface area contributed by atoms with Crippen LogP contribution in [0.15, 0.2) is 18.2 Å². The van der Waals surface area contributed by atoms with Gasteiger partial charge in [-0.15, -0.1) is 11.3 Å². The minimum Gasteiger partial charge on any atom is -0.480 e. The molecule has 0 radical (unpaired) electrons. The quantitative estimate of drug-likeness (QED) is 0.427. The molecule has 0 spiro atoms. The van der Waals surface area contributed by atoms with Crippen LogP contribution in [0.5, 0.6) is 5.88 Å². The maximum absolute atomic E-state index is 12.8. The molecule has 3 aromatic rings. The summed E-state index contributed by atoms with van der Waals surface area (Å²) in [5.41, 5.74) is 2.56. The third kappa shape index (κ3) is 5.95. The van der Waals surface area contributed by atoms with Gasteiger partial charge < -0.3 is 29.3 Å². The van der Waals surface area contributed by atoms with Crippen LogP contribution < -0.4 is 15.0 Å². The summed E-state index contributed by atoms with van der Waals surface area (Å²) in [5, 5.41) is 4.48. The highest BCUT2D eigenvalue weighted by atomic mass is 32.1. The molecule has 1 amide bonds. The number of rotatable bonds is 6. The predicted octanol–water partition coefficient (Wildman–Crippen LogP) is 5.29. The molecule has 2 aromatic heterocycles. The topological polar surface area (TPSA) is 102 Å². The number of likely N-dealkylation sites (tertiary alicyclic amines) is 1. The molecular weight excluding hydrogens is 528 g/mol. The lowest BCUT2D eigenvalue weighted by Crippen LogP contribution is -2.47. The zero-order valence-electron chi connectivity index (χ0n) is 23.7. The number of morpholine rings is 1. The standard InChI is InChI=1S/C29H38N6O4S/c1-29(2,3)39-28(36)35-11-5-6-20(17-35)30-24-23(25(37-4)33-27(32-24)34-12-14-38-15-13-34)26-31-21-16-19(18-7-8-18)9-10-22(21)40-26/h9-10,16,18,20H,5-8,11-15,17H2,1-4H3,(H,30,32,33)/t20-/m1/s1. The molecule has 1 aromatic carbocycles. The number of carbonyl (C=O) groups is 1. The van der Waals surface area contributed by atoms with Gasteiger partial charge in [-0.3, -0.25) is 0 Å². The molecule has 40 heavy (non-hydrogen) atoms. The molecule has 1 N–H and O–H groups in total. The van der Waals surface area contributed by atoms with Crippen LogP contribution in [-0.2, 0) is 9.47 Å². The normalized spacial score (nSPS) is 20.1. The van der Waals surface area contributed by atoms with Crippen LogP contribution in [0.2, 0.25) is 0 Å². The Morgan fingerprint density at radius 3 is 2.62 bits per heavy atom. The molecule has 3 fully saturated rings. The second kappa shape index (κ2) is 11.0.